The normalized spacial score (nSPS) is 18.7. The number of aromatic carboxylic acids is 1. The standard InChI is InChI=1S/C31H26N4O4S/c1-18-24(27(36)35(32-18)21-14-10-11-19(17-21)30(38)39)29-34(20-12-6-5-7-13-20)28(37)25(40-29)26-31(2,3)22-15-8-9-16-23(22)33(26)4/h5-17H,1-4H3,(H,38,39)/b26-25+,29-24+. The number of benzene rings is 3. The number of carboxylic acids is 1. The summed E-state index contributed by atoms with van der Waals surface area (Å²) in [5, 5.41) is 15.1. The van der Waals surface area contributed by atoms with Gasteiger partial charge in [0.05, 0.1) is 33.9 Å². The Labute approximate surface area is 234 Å². The van der Waals surface area contributed by atoms with Crippen molar-refractivity contribution in [1.29, 1.82) is 0 Å². The van der Waals surface area contributed by atoms with Gasteiger partial charge in [-0.15, -0.1) is 11.3 Å². The second-order valence-corrected chi connectivity index (χ2v) is 11.3. The number of carbonyl (C=O) groups is 2. The third-order valence-corrected chi connectivity index (χ3v) is 8.62. The van der Waals surface area contributed by atoms with E-state index in [1.165, 1.54) is 28.5 Å². The van der Waals surface area contributed by atoms with E-state index < -0.39 is 17.3 Å². The maximum atomic E-state index is 14.3. The second-order valence-electron chi connectivity index (χ2n) is 10.3. The fraction of sp³-hybridized carbons (Fsp3) is 0.161. The van der Waals surface area contributed by atoms with Gasteiger partial charge >= 0.3 is 5.97 Å². The van der Waals surface area contributed by atoms with Crippen LogP contribution in [-0.4, -0.2) is 34.3 Å². The number of para-hydroxylation sites is 2. The van der Waals surface area contributed by atoms with E-state index in [0.717, 1.165) is 16.9 Å². The first-order valence-electron chi connectivity index (χ1n) is 12.7. The SMILES string of the molecule is CC1=NN(c2cccc(C(=O)O)c2)C(=O)/C1=c1/s/c(=C2/N(C)c3ccccc3C2(C)C)c(=O)n1-c1ccccc1. The summed E-state index contributed by atoms with van der Waals surface area (Å²) in [7, 11) is 1.96. The first-order valence-corrected chi connectivity index (χ1v) is 13.6. The zero-order chi connectivity index (χ0) is 28.3. The first kappa shape index (κ1) is 25.5. The van der Waals surface area contributed by atoms with Gasteiger partial charge in [-0.05, 0) is 48.9 Å². The number of carboxylic acid groups (broad SMARTS) is 1. The van der Waals surface area contributed by atoms with Crippen molar-refractivity contribution in [3.8, 4) is 5.69 Å². The highest BCUT2D eigenvalue weighted by Gasteiger charge is 2.40. The van der Waals surface area contributed by atoms with Crippen LogP contribution < -0.4 is 24.7 Å². The van der Waals surface area contributed by atoms with E-state index in [1.54, 1.807) is 23.6 Å². The molecule has 6 rings (SSSR count). The van der Waals surface area contributed by atoms with Gasteiger partial charge in [0, 0.05) is 18.2 Å². The number of likely N-dealkylation sites (N-methyl/N-ethyl adjacent to an activating group) is 1. The molecule has 0 spiro atoms. The molecular formula is C31H26N4O4S. The van der Waals surface area contributed by atoms with E-state index >= 15 is 0 Å². The molecule has 0 saturated heterocycles. The fourth-order valence-corrected chi connectivity index (χ4v) is 7.08. The molecule has 0 saturated carbocycles. The molecule has 0 bridgehead atoms. The molecule has 0 fully saturated rings. The first-order chi connectivity index (χ1) is 19.1. The summed E-state index contributed by atoms with van der Waals surface area (Å²) < 4.78 is 2.60. The van der Waals surface area contributed by atoms with Gasteiger partial charge < -0.3 is 10.0 Å². The minimum Gasteiger partial charge on any atom is -0.478 e. The lowest BCUT2D eigenvalue weighted by molar-refractivity contribution is -0.112. The highest BCUT2D eigenvalue weighted by atomic mass is 32.1. The predicted molar refractivity (Wildman–Crippen MR) is 158 cm³/mol. The Kier molecular flexibility index (Phi) is 5.85. The largest absolute Gasteiger partial charge is 0.478 e. The number of carbonyl (C=O) groups excluding carboxylic acids is 1. The van der Waals surface area contributed by atoms with Crippen molar-refractivity contribution >= 4 is 51.6 Å². The lowest BCUT2D eigenvalue weighted by atomic mass is 9.84. The zero-order valence-corrected chi connectivity index (χ0v) is 23.2. The van der Waals surface area contributed by atoms with Crippen molar-refractivity contribution in [3.63, 3.8) is 0 Å². The summed E-state index contributed by atoms with van der Waals surface area (Å²) >= 11 is 1.28. The average molecular weight is 551 g/mol. The predicted octanol–water partition coefficient (Wildman–Crippen LogP) is 3.71. The molecule has 1 N–H and O–H groups in total. The van der Waals surface area contributed by atoms with E-state index in [-0.39, 0.29) is 11.1 Å². The van der Waals surface area contributed by atoms with E-state index in [1.807, 2.05) is 55.6 Å². The van der Waals surface area contributed by atoms with Crippen LogP contribution in [0.1, 0.15) is 36.7 Å². The van der Waals surface area contributed by atoms with E-state index in [2.05, 4.69) is 29.9 Å². The van der Waals surface area contributed by atoms with E-state index in [0.29, 0.717) is 31.9 Å². The summed E-state index contributed by atoms with van der Waals surface area (Å²) in [5.41, 5.74) is 4.14. The van der Waals surface area contributed by atoms with Crippen molar-refractivity contribution in [2.45, 2.75) is 26.2 Å². The Bertz CT molecular complexity index is 1940. The van der Waals surface area contributed by atoms with Crippen LogP contribution in [0.2, 0.25) is 0 Å². The molecule has 0 aliphatic carbocycles. The lowest BCUT2D eigenvalue weighted by Crippen LogP contribution is -2.37. The number of amides is 1. The van der Waals surface area contributed by atoms with Gasteiger partial charge in [0.25, 0.3) is 11.5 Å². The van der Waals surface area contributed by atoms with Crippen LogP contribution in [0.4, 0.5) is 11.4 Å². The smallest absolute Gasteiger partial charge is 0.335 e. The third kappa shape index (κ3) is 3.73. The topological polar surface area (TPSA) is 95.2 Å². The Hall–Kier alpha value is -4.76. The average Bonchev–Trinajstić information content (AvgIpc) is 3.50. The molecular weight excluding hydrogens is 524 g/mol. The molecule has 200 valence electrons. The molecule has 3 heterocycles. The lowest BCUT2D eigenvalue weighted by Gasteiger charge is -2.23. The summed E-state index contributed by atoms with van der Waals surface area (Å²) in [5.74, 6) is -1.52. The van der Waals surface area contributed by atoms with Gasteiger partial charge in [0.15, 0.2) is 0 Å². The summed E-state index contributed by atoms with van der Waals surface area (Å²) in [6.07, 6.45) is 0. The Morgan fingerprint density at radius 1 is 0.925 bits per heavy atom. The van der Waals surface area contributed by atoms with Crippen LogP contribution in [-0.2, 0) is 10.2 Å². The maximum Gasteiger partial charge on any atom is 0.335 e. The highest BCUT2D eigenvalue weighted by Crippen LogP contribution is 2.46. The highest BCUT2D eigenvalue weighted by molar-refractivity contribution is 7.08. The quantitative estimate of drug-likeness (QED) is 0.420. The van der Waals surface area contributed by atoms with Gasteiger partial charge in [-0.1, -0.05) is 56.3 Å². The molecule has 2 aliphatic rings. The summed E-state index contributed by atoms with van der Waals surface area (Å²) in [6, 6.07) is 23.4. The number of thiazole rings is 1. The van der Waals surface area contributed by atoms with Crippen LogP contribution >= 0.6 is 11.3 Å². The number of aromatic nitrogens is 1. The monoisotopic (exact) mass is 550 g/mol. The van der Waals surface area contributed by atoms with Crippen LogP contribution in [0.15, 0.2) is 88.8 Å². The molecule has 1 aromatic heterocycles. The van der Waals surface area contributed by atoms with Crippen LogP contribution in [0.3, 0.4) is 0 Å². The number of rotatable bonds is 3. The zero-order valence-electron chi connectivity index (χ0n) is 22.4. The number of hydrazone groups is 1. The molecule has 0 unspecified atom stereocenters. The van der Waals surface area contributed by atoms with E-state index in [9.17, 15) is 19.5 Å². The van der Waals surface area contributed by atoms with Gasteiger partial charge in [-0.3, -0.25) is 14.2 Å². The van der Waals surface area contributed by atoms with Crippen LogP contribution in [0, 0.1) is 0 Å². The van der Waals surface area contributed by atoms with Crippen LogP contribution in [0.25, 0.3) is 17.0 Å². The minimum atomic E-state index is -1.10. The molecule has 0 atom stereocenters. The van der Waals surface area contributed by atoms with Gasteiger partial charge in [-0.25, -0.2) is 4.79 Å². The Morgan fingerprint density at radius 3 is 2.30 bits per heavy atom. The number of nitrogens with zero attached hydrogens (tertiary/aromatic N) is 4. The molecule has 40 heavy (non-hydrogen) atoms. The molecule has 3 aromatic carbocycles. The van der Waals surface area contributed by atoms with Gasteiger partial charge in [-0.2, -0.15) is 10.1 Å². The van der Waals surface area contributed by atoms with Gasteiger partial charge in [0.2, 0.25) is 0 Å². The minimum absolute atomic E-state index is 0.0497. The summed E-state index contributed by atoms with van der Waals surface area (Å²) in [4.78, 5) is 41.8. The van der Waals surface area contributed by atoms with Crippen LogP contribution in [0.5, 0.6) is 0 Å². The van der Waals surface area contributed by atoms with Gasteiger partial charge in [0.1, 0.15) is 9.20 Å². The number of hydrogen-bond acceptors (Lipinski definition) is 6. The molecule has 1 amide bonds. The number of hydrogen-bond donors (Lipinski definition) is 1. The molecule has 8 nitrogen and oxygen atoms in total. The maximum absolute atomic E-state index is 14.3. The van der Waals surface area contributed by atoms with Crippen molar-refractivity contribution in [1.82, 2.24) is 4.57 Å². The van der Waals surface area contributed by atoms with Crippen molar-refractivity contribution in [2.75, 3.05) is 17.0 Å². The summed E-state index contributed by atoms with van der Waals surface area (Å²) in [6.45, 7) is 5.93. The molecule has 2 aliphatic heterocycles. The third-order valence-electron chi connectivity index (χ3n) is 7.46. The van der Waals surface area contributed by atoms with Crippen molar-refractivity contribution < 1.29 is 14.7 Å². The Balaban J connectivity index is 1.66. The van der Waals surface area contributed by atoms with Crippen molar-refractivity contribution in [3.05, 3.63) is 110 Å². The van der Waals surface area contributed by atoms with E-state index in [4.69, 9.17) is 0 Å². The van der Waals surface area contributed by atoms with Crippen molar-refractivity contribution in [2.24, 2.45) is 5.10 Å². The number of anilines is 2. The molecule has 9 heteroatoms. The molecule has 0 radical (unpaired) electrons. The fourth-order valence-electron chi connectivity index (χ4n) is 5.60. The Morgan fingerprint density at radius 2 is 1.60 bits per heavy atom. The molecule has 4 aromatic rings. The second kappa shape index (κ2) is 9.17. The number of fused-ring (bicyclic) bond motifs is 1.